The second-order valence-electron chi connectivity index (χ2n) is 3.05. The molecule has 0 heterocycles. The van der Waals surface area contributed by atoms with Crippen LogP contribution in [0.25, 0.3) is 16.9 Å². The fourth-order valence-electron chi connectivity index (χ4n) is 1.36. The zero-order chi connectivity index (χ0) is 9.97. The van der Waals surface area contributed by atoms with Gasteiger partial charge in [0.1, 0.15) is 0 Å². The quantitative estimate of drug-likeness (QED) is 0.728. The van der Waals surface area contributed by atoms with E-state index >= 15 is 0 Å². The maximum Gasteiger partial charge on any atom is 0.0406 e. The van der Waals surface area contributed by atoms with Crippen LogP contribution in [0, 0.1) is 0 Å². The summed E-state index contributed by atoms with van der Waals surface area (Å²) in [6.07, 6.45) is 0. The molecule has 0 spiro atoms. The minimum absolute atomic E-state index is 0. The third-order valence-electron chi connectivity index (χ3n) is 2.08. The van der Waals surface area contributed by atoms with Crippen LogP contribution < -0.4 is 0 Å². The Hall–Kier alpha value is -0.366. The van der Waals surface area contributed by atoms with E-state index in [9.17, 15) is 0 Å². The van der Waals surface area contributed by atoms with Crippen molar-refractivity contribution in [1.29, 1.82) is 0 Å². The summed E-state index contributed by atoms with van der Waals surface area (Å²) in [6.45, 7) is 0. The van der Waals surface area contributed by atoms with Crippen LogP contribution in [-0.2, 0) is 32.7 Å². The van der Waals surface area contributed by atoms with Crippen LogP contribution in [-0.4, -0.2) is 0 Å². The van der Waals surface area contributed by atoms with Crippen LogP contribution in [0.15, 0.2) is 48.5 Å². The number of hydrogen-bond acceptors (Lipinski definition) is 0. The average molecular weight is 292 g/mol. The molecular formula is C12H9ClNY-. The van der Waals surface area contributed by atoms with Crippen molar-refractivity contribution in [2.45, 2.75) is 0 Å². The molecule has 2 aromatic carbocycles. The van der Waals surface area contributed by atoms with Crippen molar-refractivity contribution in [2.24, 2.45) is 0 Å². The monoisotopic (exact) mass is 291 g/mol. The van der Waals surface area contributed by atoms with Crippen LogP contribution >= 0.6 is 11.6 Å². The zero-order valence-corrected chi connectivity index (χ0v) is 11.7. The SMILES string of the molecule is [NH-]c1ccccc1-c1ccc(Cl)cc1.[Y]. The largest absolute Gasteiger partial charge is 0.698 e. The van der Waals surface area contributed by atoms with Crippen LogP contribution in [0.1, 0.15) is 0 Å². The van der Waals surface area contributed by atoms with Gasteiger partial charge in [0.15, 0.2) is 0 Å². The molecular weight excluding hydrogens is 282 g/mol. The van der Waals surface area contributed by atoms with Gasteiger partial charge in [-0.15, -0.1) is 5.69 Å². The van der Waals surface area contributed by atoms with Gasteiger partial charge in [0.05, 0.1) is 0 Å². The minimum Gasteiger partial charge on any atom is -0.698 e. The summed E-state index contributed by atoms with van der Waals surface area (Å²) >= 11 is 5.79. The molecule has 2 rings (SSSR count). The summed E-state index contributed by atoms with van der Waals surface area (Å²) in [5.41, 5.74) is 10.2. The molecule has 15 heavy (non-hydrogen) atoms. The summed E-state index contributed by atoms with van der Waals surface area (Å²) in [5, 5.41) is 0.719. The summed E-state index contributed by atoms with van der Waals surface area (Å²) < 4.78 is 0. The van der Waals surface area contributed by atoms with E-state index in [1.165, 1.54) is 0 Å². The Balaban J connectivity index is 0.00000112. The van der Waals surface area contributed by atoms with E-state index in [0.717, 1.165) is 16.1 Å². The van der Waals surface area contributed by atoms with E-state index in [1.807, 2.05) is 42.5 Å². The molecule has 0 saturated carbocycles. The van der Waals surface area contributed by atoms with Gasteiger partial charge < -0.3 is 5.73 Å². The number of rotatable bonds is 1. The summed E-state index contributed by atoms with van der Waals surface area (Å²) in [4.78, 5) is 0. The van der Waals surface area contributed by atoms with Gasteiger partial charge in [0.2, 0.25) is 0 Å². The molecule has 0 aliphatic heterocycles. The van der Waals surface area contributed by atoms with Gasteiger partial charge in [-0.25, -0.2) is 0 Å². The van der Waals surface area contributed by atoms with Gasteiger partial charge >= 0.3 is 0 Å². The van der Waals surface area contributed by atoms with Gasteiger partial charge in [-0.05, 0) is 23.3 Å². The molecule has 0 unspecified atom stereocenters. The molecule has 0 fully saturated rings. The molecule has 1 nitrogen and oxygen atoms in total. The normalized spacial score (nSPS) is 9.40. The third kappa shape index (κ3) is 3.04. The predicted molar refractivity (Wildman–Crippen MR) is 60.9 cm³/mol. The molecule has 0 atom stereocenters. The molecule has 2 aromatic rings. The van der Waals surface area contributed by atoms with Crippen LogP contribution in [0.2, 0.25) is 5.02 Å². The number of nitrogens with one attached hydrogen (secondary N) is 1. The molecule has 0 aromatic heterocycles. The topological polar surface area (TPSA) is 23.8 Å². The van der Waals surface area contributed by atoms with Gasteiger partial charge in [-0.2, -0.15) is 0 Å². The van der Waals surface area contributed by atoms with Crippen LogP contribution in [0.4, 0.5) is 5.69 Å². The first kappa shape index (κ1) is 12.7. The number of hydrogen-bond donors (Lipinski definition) is 0. The Bertz CT molecular complexity index is 440. The van der Waals surface area contributed by atoms with Crippen LogP contribution in [0.5, 0.6) is 0 Å². The minimum atomic E-state index is 0. The van der Waals surface area contributed by atoms with Crippen molar-refractivity contribution in [1.82, 2.24) is 0 Å². The molecule has 73 valence electrons. The Morgan fingerprint density at radius 1 is 0.867 bits per heavy atom. The van der Waals surface area contributed by atoms with Crippen molar-refractivity contribution < 1.29 is 32.7 Å². The summed E-state index contributed by atoms with van der Waals surface area (Å²) in [6, 6.07) is 15.0. The standard InChI is InChI=1S/C12H9ClN.Y/c13-10-7-5-9(6-8-10)11-3-1-2-4-12(11)14;/h1-8,14H;/q-1;. The first-order valence-corrected chi connectivity index (χ1v) is 4.72. The fraction of sp³-hybridized carbons (Fsp3) is 0. The first-order valence-electron chi connectivity index (χ1n) is 4.34. The third-order valence-corrected chi connectivity index (χ3v) is 2.33. The van der Waals surface area contributed by atoms with Crippen LogP contribution in [0.3, 0.4) is 0 Å². The maximum absolute atomic E-state index is 7.73. The van der Waals surface area contributed by atoms with Crippen molar-refractivity contribution in [3.63, 3.8) is 0 Å². The number of halogens is 1. The Morgan fingerprint density at radius 2 is 1.47 bits per heavy atom. The fourth-order valence-corrected chi connectivity index (χ4v) is 1.49. The van der Waals surface area contributed by atoms with Crippen molar-refractivity contribution in [2.75, 3.05) is 0 Å². The van der Waals surface area contributed by atoms with Gasteiger partial charge in [0, 0.05) is 37.7 Å². The smallest absolute Gasteiger partial charge is 0.0406 e. The molecule has 1 N–H and O–H groups in total. The van der Waals surface area contributed by atoms with Crippen molar-refractivity contribution >= 4 is 17.3 Å². The number of benzene rings is 2. The molecule has 0 saturated heterocycles. The molecule has 0 amide bonds. The second kappa shape index (κ2) is 5.65. The molecule has 3 heteroatoms. The van der Waals surface area contributed by atoms with E-state index in [0.29, 0.717) is 5.69 Å². The molecule has 0 bridgehead atoms. The van der Waals surface area contributed by atoms with E-state index in [2.05, 4.69) is 0 Å². The van der Waals surface area contributed by atoms with E-state index in [4.69, 9.17) is 17.3 Å². The Kier molecular flexibility index (Phi) is 4.78. The summed E-state index contributed by atoms with van der Waals surface area (Å²) in [5.74, 6) is 0. The van der Waals surface area contributed by atoms with E-state index in [1.54, 1.807) is 6.07 Å². The van der Waals surface area contributed by atoms with Gasteiger partial charge in [-0.1, -0.05) is 48.0 Å². The average Bonchev–Trinajstić information content (AvgIpc) is 2.20. The Labute approximate surface area is 120 Å². The zero-order valence-electron chi connectivity index (χ0n) is 8.07. The summed E-state index contributed by atoms with van der Waals surface area (Å²) in [7, 11) is 0. The van der Waals surface area contributed by atoms with Crippen molar-refractivity contribution in [3.8, 4) is 11.1 Å². The van der Waals surface area contributed by atoms with Crippen molar-refractivity contribution in [3.05, 3.63) is 59.3 Å². The second-order valence-corrected chi connectivity index (χ2v) is 3.49. The first-order chi connectivity index (χ1) is 6.77. The molecule has 0 aliphatic rings. The van der Waals surface area contributed by atoms with E-state index in [-0.39, 0.29) is 32.7 Å². The van der Waals surface area contributed by atoms with Gasteiger partial charge in [-0.3, -0.25) is 0 Å². The molecule has 0 aliphatic carbocycles. The Morgan fingerprint density at radius 3 is 2.07 bits per heavy atom. The predicted octanol–water partition coefficient (Wildman–Crippen LogP) is 4.69. The van der Waals surface area contributed by atoms with E-state index < -0.39 is 0 Å². The molecule has 1 radical (unpaired) electrons. The van der Waals surface area contributed by atoms with Gasteiger partial charge in [0.25, 0.3) is 0 Å². The maximum atomic E-state index is 7.73.